The second-order valence-electron chi connectivity index (χ2n) is 10.4. The zero-order chi connectivity index (χ0) is 30.3. The summed E-state index contributed by atoms with van der Waals surface area (Å²) >= 11 is 5.01. The van der Waals surface area contributed by atoms with E-state index < -0.39 is 5.97 Å². The van der Waals surface area contributed by atoms with Gasteiger partial charge < -0.3 is 29.7 Å². The second kappa shape index (κ2) is 13.5. The molecule has 0 atom stereocenters. The van der Waals surface area contributed by atoms with E-state index in [0.717, 1.165) is 11.1 Å². The monoisotopic (exact) mass is 601 g/mol. The highest BCUT2D eigenvalue weighted by Crippen LogP contribution is 2.25. The molecular formula is C32H31N3O7S. The van der Waals surface area contributed by atoms with Crippen LogP contribution < -0.4 is 10.5 Å². The molecule has 2 aliphatic rings. The predicted molar refractivity (Wildman–Crippen MR) is 161 cm³/mol. The summed E-state index contributed by atoms with van der Waals surface area (Å²) in [7, 11) is 0. The van der Waals surface area contributed by atoms with E-state index in [0.29, 0.717) is 54.9 Å². The van der Waals surface area contributed by atoms with Crippen molar-refractivity contribution in [1.29, 1.82) is 0 Å². The van der Waals surface area contributed by atoms with E-state index in [4.69, 9.17) is 32.2 Å². The predicted octanol–water partition coefficient (Wildman–Crippen LogP) is 3.88. The number of Topliss-reactive ketones (excluding diaryl/α,β-unsaturated/α-hetero) is 1. The molecule has 10 nitrogen and oxygen atoms in total. The molecule has 2 aliphatic heterocycles. The lowest BCUT2D eigenvalue weighted by atomic mass is 10.1. The first-order valence-electron chi connectivity index (χ1n) is 13.9. The minimum atomic E-state index is -0.518. The summed E-state index contributed by atoms with van der Waals surface area (Å²) in [5.74, 6) is -0.558. The molecule has 0 radical (unpaired) electrons. The number of ketones is 1. The molecule has 0 spiro atoms. The van der Waals surface area contributed by atoms with E-state index in [1.807, 2.05) is 30.3 Å². The minimum Gasteiger partial charge on any atom is -0.482 e. The van der Waals surface area contributed by atoms with E-state index in [1.54, 1.807) is 47.4 Å². The van der Waals surface area contributed by atoms with Crippen LogP contribution in [0.5, 0.6) is 5.75 Å². The first-order chi connectivity index (χ1) is 20.8. The number of rotatable bonds is 10. The molecule has 43 heavy (non-hydrogen) atoms. The highest BCUT2D eigenvalue weighted by molar-refractivity contribution is 7.80. The number of piperidine rings is 1. The normalized spacial score (nSPS) is 14.7. The molecule has 5 rings (SSSR count). The lowest BCUT2D eigenvalue weighted by molar-refractivity contribution is -0.153. The van der Waals surface area contributed by atoms with Crippen molar-refractivity contribution in [3.63, 3.8) is 0 Å². The molecule has 0 saturated carbocycles. The first kappa shape index (κ1) is 29.7. The Bertz CT molecular complexity index is 1520. The fourth-order valence-corrected chi connectivity index (χ4v) is 5.12. The molecule has 3 aromatic carbocycles. The van der Waals surface area contributed by atoms with Gasteiger partial charge >= 0.3 is 12.1 Å². The summed E-state index contributed by atoms with van der Waals surface area (Å²) in [5, 5.41) is 0. The van der Waals surface area contributed by atoms with E-state index >= 15 is 0 Å². The van der Waals surface area contributed by atoms with Gasteiger partial charge in [-0.1, -0.05) is 48.6 Å². The topological polar surface area (TPSA) is 128 Å². The molecule has 0 bridgehead atoms. The average Bonchev–Trinajstić information content (AvgIpc) is 3.33. The molecular weight excluding hydrogens is 570 g/mol. The zero-order valence-electron chi connectivity index (χ0n) is 23.4. The third-order valence-electron chi connectivity index (χ3n) is 7.34. The van der Waals surface area contributed by atoms with E-state index in [9.17, 15) is 19.2 Å². The van der Waals surface area contributed by atoms with Crippen molar-refractivity contribution in [2.75, 3.05) is 26.2 Å². The number of hydrogen-bond acceptors (Lipinski definition) is 8. The minimum absolute atomic E-state index is 0.0774. The van der Waals surface area contributed by atoms with Crippen molar-refractivity contribution >= 4 is 41.0 Å². The van der Waals surface area contributed by atoms with Crippen LogP contribution in [0.1, 0.15) is 50.2 Å². The van der Waals surface area contributed by atoms with Gasteiger partial charge in [0.1, 0.15) is 23.4 Å². The number of amides is 2. The Kier molecular flexibility index (Phi) is 9.31. The summed E-state index contributed by atoms with van der Waals surface area (Å²) in [6, 6.07) is 21.0. The zero-order valence-corrected chi connectivity index (χ0v) is 24.2. The van der Waals surface area contributed by atoms with Crippen LogP contribution in [0.4, 0.5) is 4.79 Å². The van der Waals surface area contributed by atoms with Gasteiger partial charge in [-0.15, -0.1) is 0 Å². The number of likely N-dealkylation sites (tertiary alicyclic amines) is 1. The van der Waals surface area contributed by atoms with Crippen molar-refractivity contribution in [1.82, 2.24) is 9.80 Å². The van der Waals surface area contributed by atoms with Crippen LogP contribution in [0.2, 0.25) is 0 Å². The number of benzene rings is 3. The van der Waals surface area contributed by atoms with Crippen molar-refractivity contribution in [3.8, 4) is 5.75 Å². The van der Waals surface area contributed by atoms with Crippen molar-refractivity contribution in [2.45, 2.75) is 32.1 Å². The van der Waals surface area contributed by atoms with Crippen LogP contribution in [-0.4, -0.2) is 70.9 Å². The van der Waals surface area contributed by atoms with E-state index in [2.05, 4.69) is 0 Å². The molecule has 0 aromatic heterocycles. The Labute approximate surface area is 254 Å². The molecule has 222 valence electrons. The molecule has 2 amide bonds. The molecule has 1 saturated heterocycles. The molecule has 2 N–H and O–H groups in total. The summed E-state index contributed by atoms with van der Waals surface area (Å²) in [6.07, 6.45) is 0.319. The third-order valence-corrected chi connectivity index (χ3v) is 7.58. The Morgan fingerprint density at radius 2 is 1.63 bits per heavy atom. The number of carbonyl (C=O) groups is 4. The maximum Gasteiger partial charge on any atom is 0.410 e. The number of thiocarbonyl (C=S) groups is 1. The smallest absolute Gasteiger partial charge is 0.410 e. The number of esters is 1. The molecule has 3 aromatic rings. The van der Waals surface area contributed by atoms with Crippen molar-refractivity contribution in [2.24, 2.45) is 5.73 Å². The van der Waals surface area contributed by atoms with Crippen LogP contribution in [0.25, 0.3) is 0 Å². The van der Waals surface area contributed by atoms with Gasteiger partial charge in [0.2, 0.25) is 0 Å². The van der Waals surface area contributed by atoms with Crippen LogP contribution in [0.15, 0.2) is 72.8 Å². The molecule has 1 fully saturated rings. The van der Waals surface area contributed by atoms with E-state index in [1.165, 1.54) is 4.90 Å². The van der Waals surface area contributed by atoms with Gasteiger partial charge in [-0.2, -0.15) is 0 Å². The number of ether oxygens (including phenoxy) is 3. The van der Waals surface area contributed by atoms with Crippen LogP contribution in [-0.2, 0) is 27.4 Å². The average molecular weight is 602 g/mol. The Morgan fingerprint density at radius 1 is 0.930 bits per heavy atom. The van der Waals surface area contributed by atoms with Crippen LogP contribution >= 0.6 is 12.2 Å². The molecule has 11 heteroatoms. The quantitative estimate of drug-likeness (QED) is 0.209. The Morgan fingerprint density at radius 3 is 2.33 bits per heavy atom. The first-order valence-corrected chi connectivity index (χ1v) is 14.3. The molecule has 0 unspecified atom stereocenters. The molecule has 2 heterocycles. The van der Waals surface area contributed by atoms with Gasteiger partial charge in [0.05, 0.1) is 6.54 Å². The lowest BCUT2D eigenvalue weighted by Crippen LogP contribution is -2.42. The summed E-state index contributed by atoms with van der Waals surface area (Å²) in [6.45, 7) is 1.00. The number of nitrogens with zero attached hydrogens (tertiary/aromatic N) is 2. The van der Waals surface area contributed by atoms with Crippen molar-refractivity contribution in [3.05, 3.63) is 101 Å². The van der Waals surface area contributed by atoms with Crippen LogP contribution in [0.3, 0.4) is 0 Å². The van der Waals surface area contributed by atoms with Crippen LogP contribution in [0, 0.1) is 0 Å². The second-order valence-corrected chi connectivity index (χ2v) is 10.8. The highest BCUT2D eigenvalue weighted by Gasteiger charge is 2.29. The number of carbonyl (C=O) groups excluding carboxylic acids is 4. The summed E-state index contributed by atoms with van der Waals surface area (Å²) in [5.41, 5.74) is 9.02. The van der Waals surface area contributed by atoms with Gasteiger partial charge in [-0.3, -0.25) is 9.59 Å². The fraction of sp³-hybridized carbons (Fsp3) is 0.281. The SMILES string of the molecule is NC(=S)c1ccc2c(c1)CN(CC(=O)c1ccc(OCC(=O)OC3CCN(C(=O)OCc4ccccc4)CC3)cc1)C2=O. The summed E-state index contributed by atoms with van der Waals surface area (Å²) in [4.78, 5) is 53.6. The standard InChI is InChI=1S/C32H31N3O7S/c33-30(43)23-8-11-27-24(16-23)17-35(31(27)38)18-28(36)22-6-9-25(10-7-22)40-20-29(37)42-26-12-14-34(15-13-26)32(39)41-19-21-4-2-1-3-5-21/h1-11,16,26H,12-15,17-20H2,(H2,33,43). The van der Waals surface area contributed by atoms with Gasteiger partial charge in [-0.05, 0) is 47.5 Å². The number of nitrogens with two attached hydrogens (primary N) is 1. The Balaban J connectivity index is 1.02. The largest absolute Gasteiger partial charge is 0.482 e. The number of hydrogen-bond donors (Lipinski definition) is 1. The van der Waals surface area contributed by atoms with Gasteiger partial charge in [0.15, 0.2) is 12.4 Å². The summed E-state index contributed by atoms with van der Waals surface area (Å²) < 4.78 is 16.4. The van der Waals surface area contributed by atoms with Gasteiger partial charge in [0, 0.05) is 49.2 Å². The maximum absolute atomic E-state index is 12.9. The van der Waals surface area contributed by atoms with Crippen molar-refractivity contribution < 1.29 is 33.4 Å². The molecule has 0 aliphatic carbocycles. The maximum atomic E-state index is 12.9. The number of fused-ring (bicyclic) bond motifs is 1. The van der Waals surface area contributed by atoms with E-state index in [-0.39, 0.29) is 48.6 Å². The fourth-order valence-electron chi connectivity index (χ4n) is 4.99. The highest BCUT2D eigenvalue weighted by atomic mass is 32.1. The van der Waals surface area contributed by atoms with Gasteiger partial charge in [-0.25, -0.2) is 9.59 Å². The third kappa shape index (κ3) is 7.55. The lowest BCUT2D eigenvalue weighted by Gasteiger charge is -2.31. The Hall–Kier alpha value is -4.77. The van der Waals surface area contributed by atoms with Gasteiger partial charge in [0.25, 0.3) is 5.91 Å².